The van der Waals surface area contributed by atoms with Crippen LogP contribution in [0.4, 0.5) is 5.69 Å². The first-order chi connectivity index (χ1) is 9.19. The van der Waals surface area contributed by atoms with E-state index in [9.17, 15) is 0 Å². The predicted molar refractivity (Wildman–Crippen MR) is 82.6 cm³/mol. The van der Waals surface area contributed by atoms with Crippen molar-refractivity contribution in [2.75, 3.05) is 32.1 Å². The fourth-order valence-corrected chi connectivity index (χ4v) is 2.12. The molecule has 0 aromatic heterocycles. The van der Waals surface area contributed by atoms with Crippen LogP contribution in [0.5, 0.6) is 0 Å². The second kappa shape index (κ2) is 8.94. The summed E-state index contributed by atoms with van der Waals surface area (Å²) in [5, 5.41) is 3.53. The Morgan fingerprint density at radius 3 is 2.63 bits per heavy atom. The van der Waals surface area contributed by atoms with Crippen molar-refractivity contribution < 1.29 is 4.74 Å². The first-order valence-electron chi connectivity index (χ1n) is 7.26. The lowest BCUT2D eigenvalue weighted by atomic mass is 10.1. The van der Waals surface area contributed by atoms with Crippen LogP contribution in [0.2, 0.25) is 0 Å². The molecule has 1 aromatic rings. The van der Waals surface area contributed by atoms with Gasteiger partial charge in [-0.25, -0.2) is 0 Å². The lowest BCUT2D eigenvalue weighted by Crippen LogP contribution is -2.22. The van der Waals surface area contributed by atoms with Crippen LogP contribution in [0, 0.1) is 0 Å². The van der Waals surface area contributed by atoms with Crippen LogP contribution in [0.1, 0.15) is 32.8 Å². The van der Waals surface area contributed by atoms with Crippen molar-refractivity contribution in [2.45, 2.75) is 39.8 Å². The Bertz CT molecular complexity index is 350. The van der Waals surface area contributed by atoms with Crippen molar-refractivity contribution >= 4 is 5.69 Å². The zero-order chi connectivity index (χ0) is 14.1. The molecule has 1 aromatic carbocycles. The molecular formula is C16H28N2O. The molecule has 0 heterocycles. The molecule has 0 saturated heterocycles. The van der Waals surface area contributed by atoms with Gasteiger partial charge in [0.1, 0.15) is 0 Å². The number of rotatable bonds is 9. The highest BCUT2D eigenvalue weighted by molar-refractivity contribution is 5.46. The van der Waals surface area contributed by atoms with Crippen molar-refractivity contribution in [3.63, 3.8) is 0 Å². The average Bonchev–Trinajstić information content (AvgIpc) is 2.43. The molecule has 0 spiro atoms. The maximum absolute atomic E-state index is 5.11. The maximum atomic E-state index is 5.11. The summed E-state index contributed by atoms with van der Waals surface area (Å²) < 4.78 is 5.11. The molecule has 0 saturated carbocycles. The van der Waals surface area contributed by atoms with Gasteiger partial charge in [0.2, 0.25) is 0 Å². The standard InChI is InChI=1S/C16H28N2O/c1-5-18(6-2)13-15-8-7-9-16(12-15)17-14(3)10-11-19-4/h7-9,12,14,17H,5-6,10-11,13H2,1-4H3. The quantitative estimate of drug-likeness (QED) is 0.740. The Kier molecular flexibility index (Phi) is 7.53. The van der Waals surface area contributed by atoms with Gasteiger partial charge in [0.25, 0.3) is 0 Å². The van der Waals surface area contributed by atoms with E-state index in [2.05, 4.69) is 55.3 Å². The molecule has 1 N–H and O–H groups in total. The molecule has 0 aliphatic rings. The van der Waals surface area contributed by atoms with Crippen LogP contribution in [0.15, 0.2) is 24.3 Å². The summed E-state index contributed by atoms with van der Waals surface area (Å²) in [5.74, 6) is 0. The average molecular weight is 264 g/mol. The molecule has 108 valence electrons. The summed E-state index contributed by atoms with van der Waals surface area (Å²) in [7, 11) is 1.75. The molecule has 0 radical (unpaired) electrons. The van der Waals surface area contributed by atoms with Crippen molar-refractivity contribution in [2.24, 2.45) is 0 Å². The van der Waals surface area contributed by atoms with E-state index in [1.165, 1.54) is 11.3 Å². The van der Waals surface area contributed by atoms with Crippen molar-refractivity contribution in [3.8, 4) is 0 Å². The Morgan fingerprint density at radius 1 is 1.26 bits per heavy atom. The van der Waals surface area contributed by atoms with Gasteiger partial charge in [0.05, 0.1) is 0 Å². The molecule has 0 aliphatic heterocycles. The molecule has 0 fully saturated rings. The smallest absolute Gasteiger partial charge is 0.0481 e. The van der Waals surface area contributed by atoms with Crippen LogP contribution in [-0.4, -0.2) is 37.7 Å². The monoisotopic (exact) mass is 264 g/mol. The third-order valence-corrected chi connectivity index (χ3v) is 3.40. The number of nitrogens with one attached hydrogen (secondary N) is 1. The molecule has 19 heavy (non-hydrogen) atoms. The van der Waals surface area contributed by atoms with E-state index < -0.39 is 0 Å². The number of ether oxygens (including phenoxy) is 1. The number of anilines is 1. The van der Waals surface area contributed by atoms with Gasteiger partial charge in [-0.1, -0.05) is 26.0 Å². The van der Waals surface area contributed by atoms with Crippen LogP contribution >= 0.6 is 0 Å². The largest absolute Gasteiger partial charge is 0.385 e. The highest BCUT2D eigenvalue weighted by atomic mass is 16.5. The van der Waals surface area contributed by atoms with E-state index in [1.54, 1.807) is 7.11 Å². The number of hydrogen-bond donors (Lipinski definition) is 1. The third kappa shape index (κ3) is 6.08. The fourth-order valence-electron chi connectivity index (χ4n) is 2.12. The number of nitrogens with zero attached hydrogens (tertiary/aromatic N) is 1. The van der Waals surface area contributed by atoms with Crippen LogP contribution in [0.3, 0.4) is 0 Å². The number of methoxy groups -OCH3 is 1. The normalized spacial score (nSPS) is 12.7. The van der Waals surface area contributed by atoms with Crippen molar-refractivity contribution in [1.29, 1.82) is 0 Å². The number of benzene rings is 1. The highest BCUT2D eigenvalue weighted by Gasteiger charge is 2.04. The van der Waals surface area contributed by atoms with Crippen molar-refractivity contribution in [1.82, 2.24) is 4.90 Å². The summed E-state index contributed by atoms with van der Waals surface area (Å²) in [5.41, 5.74) is 2.57. The summed E-state index contributed by atoms with van der Waals surface area (Å²) in [6.45, 7) is 10.6. The Balaban J connectivity index is 2.56. The predicted octanol–water partition coefficient (Wildman–Crippen LogP) is 3.37. The van der Waals surface area contributed by atoms with Gasteiger partial charge in [0, 0.05) is 32.0 Å². The Morgan fingerprint density at radius 2 is 2.00 bits per heavy atom. The first-order valence-corrected chi connectivity index (χ1v) is 7.26. The van der Waals surface area contributed by atoms with E-state index in [4.69, 9.17) is 4.74 Å². The molecule has 0 bridgehead atoms. The van der Waals surface area contributed by atoms with Crippen LogP contribution < -0.4 is 5.32 Å². The molecule has 1 atom stereocenters. The summed E-state index contributed by atoms with van der Waals surface area (Å²) in [4.78, 5) is 2.42. The third-order valence-electron chi connectivity index (χ3n) is 3.40. The lowest BCUT2D eigenvalue weighted by molar-refractivity contribution is 0.191. The Labute approximate surface area is 118 Å². The maximum Gasteiger partial charge on any atom is 0.0481 e. The van der Waals surface area contributed by atoms with Crippen LogP contribution in [-0.2, 0) is 11.3 Å². The zero-order valence-electron chi connectivity index (χ0n) is 12.8. The molecule has 0 aliphatic carbocycles. The topological polar surface area (TPSA) is 24.5 Å². The lowest BCUT2D eigenvalue weighted by Gasteiger charge is -2.19. The van der Waals surface area contributed by atoms with Gasteiger partial charge in [-0.15, -0.1) is 0 Å². The van der Waals surface area contributed by atoms with E-state index in [-0.39, 0.29) is 0 Å². The summed E-state index contributed by atoms with van der Waals surface area (Å²) in [6.07, 6.45) is 1.02. The van der Waals surface area contributed by atoms with E-state index in [1.807, 2.05) is 0 Å². The van der Waals surface area contributed by atoms with Gasteiger partial charge in [0.15, 0.2) is 0 Å². The van der Waals surface area contributed by atoms with E-state index in [0.717, 1.165) is 32.7 Å². The highest BCUT2D eigenvalue weighted by Crippen LogP contribution is 2.14. The van der Waals surface area contributed by atoms with E-state index in [0.29, 0.717) is 6.04 Å². The summed E-state index contributed by atoms with van der Waals surface area (Å²) >= 11 is 0. The minimum Gasteiger partial charge on any atom is -0.385 e. The minimum absolute atomic E-state index is 0.434. The molecule has 1 unspecified atom stereocenters. The minimum atomic E-state index is 0.434. The van der Waals surface area contributed by atoms with Gasteiger partial charge in [-0.2, -0.15) is 0 Å². The van der Waals surface area contributed by atoms with Gasteiger partial charge >= 0.3 is 0 Å². The second-order valence-corrected chi connectivity index (χ2v) is 4.99. The number of hydrogen-bond acceptors (Lipinski definition) is 3. The molecule has 3 heteroatoms. The molecular weight excluding hydrogens is 236 g/mol. The molecule has 0 amide bonds. The summed E-state index contributed by atoms with van der Waals surface area (Å²) in [6, 6.07) is 9.15. The fraction of sp³-hybridized carbons (Fsp3) is 0.625. The van der Waals surface area contributed by atoms with Crippen LogP contribution in [0.25, 0.3) is 0 Å². The SMILES string of the molecule is CCN(CC)Cc1cccc(NC(C)CCOC)c1. The van der Waals surface area contributed by atoms with Gasteiger partial charge in [-0.3, -0.25) is 4.90 Å². The molecule has 1 rings (SSSR count). The Hall–Kier alpha value is -1.06. The first kappa shape index (κ1) is 16.0. The van der Waals surface area contributed by atoms with Gasteiger partial charge in [-0.05, 0) is 44.1 Å². The second-order valence-electron chi connectivity index (χ2n) is 4.99. The van der Waals surface area contributed by atoms with Gasteiger partial charge < -0.3 is 10.1 Å². The van der Waals surface area contributed by atoms with Crippen molar-refractivity contribution in [3.05, 3.63) is 29.8 Å². The zero-order valence-corrected chi connectivity index (χ0v) is 12.8. The van der Waals surface area contributed by atoms with E-state index >= 15 is 0 Å². The molecule has 3 nitrogen and oxygen atoms in total.